The van der Waals surface area contributed by atoms with Gasteiger partial charge in [-0.25, -0.2) is 0 Å². The molecule has 34 heavy (non-hydrogen) atoms. The first-order chi connectivity index (χ1) is 16.0. The lowest BCUT2D eigenvalue weighted by molar-refractivity contribution is -0.129. The van der Waals surface area contributed by atoms with Crippen molar-refractivity contribution in [2.75, 3.05) is 6.54 Å². The molecule has 0 heterocycles. The third-order valence-electron chi connectivity index (χ3n) is 6.41. The maximum Gasteiger partial charge on any atom is 0.219 e. The highest BCUT2D eigenvalue weighted by molar-refractivity contribution is 5.88. The van der Waals surface area contributed by atoms with E-state index in [1.807, 2.05) is 20.8 Å². The van der Waals surface area contributed by atoms with Crippen LogP contribution >= 0.6 is 0 Å². The van der Waals surface area contributed by atoms with Crippen molar-refractivity contribution in [3.63, 3.8) is 0 Å². The number of carbonyl (C=O) groups is 2. The van der Waals surface area contributed by atoms with Crippen LogP contribution in [-0.2, 0) is 9.59 Å². The predicted molar refractivity (Wildman–Crippen MR) is 148 cm³/mol. The quantitative estimate of drug-likeness (QED) is 0.163. The van der Waals surface area contributed by atoms with Gasteiger partial charge in [0.2, 0.25) is 5.91 Å². The fourth-order valence-electron chi connectivity index (χ4n) is 4.41. The maximum atomic E-state index is 12.8. The van der Waals surface area contributed by atoms with Gasteiger partial charge >= 0.3 is 0 Å². The monoisotopic (exact) mass is 480 g/mol. The highest BCUT2D eigenvalue weighted by Gasteiger charge is 2.31. The van der Waals surface area contributed by atoms with E-state index in [1.165, 1.54) is 77.0 Å². The van der Waals surface area contributed by atoms with Crippen LogP contribution in [0.25, 0.3) is 0 Å². The molecule has 1 unspecified atom stereocenters. The van der Waals surface area contributed by atoms with Gasteiger partial charge in [0, 0.05) is 23.9 Å². The topological polar surface area (TPSA) is 58.2 Å². The number of carbonyl (C=O) groups excluding carboxylic acids is 2. The van der Waals surface area contributed by atoms with Crippen LogP contribution in [0.4, 0.5) is 0 Å². The van der Waals surface area contributed by atoms with Gasteiger partial charge in [-0.1, -0.05) is 105 Å². The molecule has 0 radical (unpaired) electrons. The molecule has 0 aromatic carbocycles. The van der Waals surface area contributed by atoms with Gasteiger partial charge in [-0.3, -0.25) is 9.59 Å². The van der Waals surface area contributed by atoms with E-state index in [2.05, 4.69) is 38.3 Å². The molecule has 202 valence electrons. The second-order valence-electron chi connectivity index (χ2n) is 12.4. The van der Waals surface area contributed by atoms with Gasteiger partial charge < -0.3 is 10.6 Å². The Morgan fingerprint density at radius 1 is 0.647 bits per heavy atom. The number of amides is 1. The molecule has 0 saturated carbocycles. The number of hydrogen-bond acceptors (Lipinski definition) is 3. The highest BCUT2D eigenvalue weighted by Crippen LogP contribution is 2.21. The van der Waals surface area contributed by atoms with Crippen LogP contribution in [0.3, 0.4) is 0 Å². The minimum Gasteiger partial charge on any atom is -0.356 e. The summed E-state index contributed by atoms with van der Waals surface area (Å²) in [6.07, 6.45) is 20.6. The van der Waals surface area contributed by atoms with E-state index in [0.717, 1.165) is 25.7 Å². The molecule has 0 saturated heterocycles. The normalized spacial score (nSPS) is 13.1. The molecule has 0 spiro atoms. The van der Waals surface area contributed by atoms with E-state index in [4.69, 9.17) is 0 Å². The molecule has 0 aliphatic heterocycles. The van der Waals surface area contributed by atoms with Crippen molar-refractivity contribution in [1.29, 1.82) is 0 Å². The first kappa shape index (κ1) is 33.1. The second kappa shape index (κ2) is 19.3. The third kappa shape index (κ3) is 20.5. The molecular formula is C30H60N2O2. The number of nitrogens with one attached hydrogen (secondary N) is 2. The number of hydrogen-bond donors (Lipinski definition) is 2. The Balaban J connectivity index is 3.72. The Kier molecular flexibility index (Phi) is 18.8. The summed E-state index contributed by atoms with van der Waals surface area (Å²) in [5.74, 6) is 0.451. The predicted octanol–water partition coefficient (Wildman–Crippen LogP) is 8.13. The van der Waals surface area contributed by atoms with Crippen LogP contribution in [0.1, 0.15) is 158 Å². The molecular weight excluding hydrogens is 420 g/mol. The number of unbranched alkanes of at least 4 members (excludes halogenated alkanes) is 13. The summed E-state index contributed by atoms with van der Waals surface area (Å²) in [6.45, 7) is 15.3. The highest BCUT2D eigenvalue weighted by atomic mass is 16.1. The Morgan fingerprint density at radius 3 is 1.56 bits per heavy atom. The van der Waals surface area contributed by atoms with Crippen molar-refractivity contribution in [3.8, 4) is 0 Å². The van der Waals surface area contributed by atoms with Crippen LogP contribution in [-0.4, -0.2) is 29.8 Å². The fraction of sp³-hybridized carbons (Fsp3) is 0.933. The average molecular weight is 481 g/mol. The van der Waals surface area contributed by atoms with Gasteiger partial charge in [0.1, 0.15) is 0 Å². The van der Waals surface area contributed by atoms with E-state index in [-0.39, 0.29) is 28.7 Å². The van der Waals surface area contributed by atoms with Gasteiger partial charge in [-0.05, 0) is 46.5 Å². The summed E-state index contributed by atoms with van der Waals surface area (Å²) in [5, 5.41) is 6.56. The smallest absolute Gasteiger partial charge is 0.219 e. The molecule has 0 aromatic heterocycles. The van der Waals surface area contributed by atoms with Crippen molar-refractivity contribution in [1.82, 2.24) is 10.6 Å². The SMILES string of the molecule is CCCCCCCCCCCCCCCC(=O)NCCCCC(NC(C)(C)C)C(=O)C(C)(C)C. The zero-order chi connectivity index (χ0) is 25.9. The largest absolute Gasteiger partial charge is 0.356 e. The van der Waals surface area contributed by atoms with Crippen molar-refractivity contribution in [2.45, 2.75) is 169 Å². The van der Waals surface area contributed by atoms with Crippen LogP contribution in [0.5, 0.6) is 0 Å². The second-order valence-corrected chi connectivity index (χ2v) is 12.4. The van der Waals surface area contributed by atoms with Gasteiger partial charge in [-0.2, -0.15) is 0 Å². The summed E-state index contributed by atoms with van der Waals surface area (Å²) in [4.78, 5) is 24.9. The van der Waals surface area contributed by atoms with Crippen LogP contribution in [0.15, 0.2) is 0 Å². The maximum absolute atomic E-state index is 12.8. The first-order valence-electron chi connectivity index (χ1n) is 14.6. The molecule has 0 rings (SSSR count). The fourth-order valence-corrected chi connectivity index (χ4v) is 4.41. The third-order valence-corrected chi connectivity index (χ3v) is 6.41. The number of ketones is 1. The van der Waals surface area contributed by atoms with E-state index in [9.17, 15) is 9.59 Å². The molecule has 2 N–H and O–H groups in total. The van der Waals surface area contributed by atoms with Gasteiger partial charge in [0.25, 0.3) is 0 Å². The van der Waals surface area contributed by atoms with Gasteiger partial charge in [-0.15, -0.1) is 0 Å². The van der Waals surface area contributed by atoms with Crippen LogP contribution in [0.2, 0.25) is 0 Å². The van der Waals surface area contributed by atoms with E-state index < -0.39 is 0 Å². The zero-order valence-corrected chi connectivity index (χ0v) is 24.1. The molecule has 4 nitrogen and oxygen atoms in total. The Hall–Kier alpha value is -0.900. The summed E-state index contributed by atoms with van der Waals surface area (Å²) < 4.78 is 0. The first-order valence-corrected chi connectivity index (χ1v) is 14.6. The average Bonchev–Trinajstić information content (AvgIpc) is 2.74. The van der Waals surface area contributed by atoms with E-state index in [1.54, 1.807) is 0 Å². The van der Waals surface area contributed by atoms with Crippen molar-refractivity contribution in [3.05, 3.63) is 0 Å². The van der Waals surface area contributed by atoms with Crippen molar-refractivity contribution < 1.29 is 9.59 Å². The molecule has 4 heteroatoms. The lowest BCUT2D eigenvalue weighted by Gasteiger charge is -2.31. The summed E-state index contributed by atoms with van der Waals surface area (Å²) in [6, 6.07) is -0.124. The number of rotatable bonds is 21. The van der Waals surface area contributed by atoms with Gasteiger partial charge in [0.05, 0.1) is 6.04 Å². The van der Waals surface area contributed by atoms with Crippen LogP contribution < -0.4 is 10.6 Å². The molecule has 0 aliphatic rings. The lowest BCUT2D eigenvalue weighted by Crippen LogP contribution is -2.50. The van der Waals surface area contributed by atoms with Crippen molar-refractivity contribution in [2.24, 2.45) is 5.41 Å². The van der Waals surface area contributed by atoms with Gasteiger partial charge in [0.15, 0.2) is 5.78 Å². The molecule has 0 aromatic rings. The summed E-state index contributed by atoms with van der Waals surface area (Å²) >= 11 is 0. The molecule has 1 amide bonds. The van der Waals surface area contributed by atoms with Crippen molar-refractivity contribution >= 4 is 11.7 Å². The standard InChI is InChI=1S/C30H60N2O2/c1-8-9-10-11-12-13-14-15-16-17-18-19-20-24-27(33)31-25-22-21-23-26(32-30(5,6)7)28(34)29(2,3)4/h26,32H,8-25H2,1-7H3,(H,31,33). The molecule has 1 atom stereocenters. The molecule has 0 fully saturated rings. The number of Topliss-reactive ketones (excluding diaryl/α,β-unsaturated/α-hetero) is 1. The minimum absolute atomic E-state index is 0.0896. The van der Waals surface area contributed by atoms with Crippen LogP contribution in [0, 0.1) is 5.41 Å². The lowest BCUT2D eigenvalue weighted by atomic mass is 9.84. The zero-order valence-electron chi connectivity index (χ0n) is 24.1. The van der Waals surface area contributed by atoms with E-state index in [0.29, 0.717) is 13.0 Å². The Labute approximate surface area is 213 Å². The summed E-state index contributed by atoms with van der Waals surface area (Å²) in [5.41, 5.74) is -0.432. The minimum atomic E-state index is -0.342. The molecule has 0 aliphatic carbocycles. The Morgan fingerprint density at radius 2 is 1.12 bits per heavy atom. The Bertz CT molecular complexity index is 517. The van der Waals surface area contributed by atoms with E-state index >= 15 is 0 Å². The molecule has 0 bridgehead atoms. The summed E-state index contributed by atoms with van der Waals surface area (Å²) in [7, 11) is 0.